The van der Waals surface area contributed by atoms with Crippen LogP contribution in [-0.2, 0) is 9.84 Å². The van der Waals surface area contributed by atoms with E-state index in [1.807, 2.05) is 0 Å². The number of piperidine rings is 1. The molecule has 1 aliphatic heterocycles. The minimum absolute atomic E-state index is 0.165. The van der Waals surface area contributed by atoms with Crippen molar-refractivity contribution in [3.8, 4) is 0 Å². The first kappa shape index (κ1) is 13.9. The SMILES string of the molecule is CCS(=O)(=O)CCCC(O)C1CCCCN1. The monoisotopic (exact) mass is 249 g/mol. The van der Waals surface area contributed by atoms with E-state index in [0.29, 0.717) is 12.8 Å². The Morgan fingerprint density at radius 3 is 2.75 bits per heavy atom. The number of sulfone groups is 1. The molecule has 1 saturated heterocycles. The van der Waals surface area contributed by atoms with E-state index in [1.54, 1.807) is 6.92 Å². The summed E-state index contributed by atoms with van der Waals surface area (Å²) in [6.07, 6.45) is 4.08. The lowest BCUT2D eigenvalue weighted by molar-refractivity contribution is 0.104. The van der Waals surface area contributed by atoms with Crippen molar-refractivity contribution in [2.45, 2.75) is 51.2 Å². The molecule has 0 amide bonds. The van der Waals surface area contributed by atoms with E-state index in [9.17, 15) is 13.5 Å². The van der Waals surface area contributed by atoms with Crippen LogP contribution in [0.3, 0.4) is 0 Å². The molecular formula is C11H23NO3S. The van der Waals surface area contributed by atoms with Gasteiger partial charge in [-0.15, -0.1) is 0 Å². The summed E-state index contributed by atoms with van der Waals surface area (Å²) in [5.74, 6) is 0.401. The molecular weight excluding hydrogens is 226 g/mol. The Morgan fingerprint density at radius 2 is 2.19 bits per heavy atom. The zero-order valence-electron chi connectivity index (χ0n) is 9.98. The molecule has 0 spiro atoms. The fourth-order valence-corrected chi connectivity index (χ4v) is 2.96. The zero-order valence-corrected chi connectivity index (χ0v) is 10.8. The molecule has 2 unspecified atom stereocenters. The fourth-order valence-electron chi connectivity index (χ4n) is 2.07. The van der Waals surface area contributed by atoms with E-state index in [-0.39, 0.29) is 17.5 Å². The van der Waals surface area contributed by atoms with Gasteiger partial charge in [0.05, 0.1) is 11.9 Å². The first-order valence-electron chi connectivity index (χ1n) is 6.17. The molecule has 2 N–H and O–H groups in total. The van der Waals surface area contributed by atoms with Crippen LogP contribution in [-0.4, -0.2) is 43.7 Å². The third-order valence-corrected chi connectivity index (χ3v) is 5.00. The smallest absolute Gasteiger partial charge is 0.150 e. The van der Waals surface area contributed by atoms with E-state index in [0.717, 1.165) is 19.4 Å². The van der Waals surface area contributed by atoms with E-state index < -0.39 is 15.9 Å². The molecule has 0 aromatic heterocycles. The van der Waals surface area contributed by atoms with E-state index >= 15 is 0 Å². The van der Waals surface area contributed by atoms with Gasteiger partial charge in [-0.3, -0.25) is 0 Å². The third-order valence-electron chi connectivity index (χ3n) is 3.21. The number of aliphatic hydroxyl groups excluding tert-OH is 1. The van der Waals surface area contributed by atoms with E-state index in [1.165, 1.54) is 6.42 Å². The molecule has 0 saturated carbocycles. The Bertz CT molecular complexity index is 284. The van der Waals surface area contributed by atoms with Gasteiger partial charge in [-0.2, -0.15) is 0 Å². The normalized spacial score (nSPS) is 24.2. The van der Waals surface area contributed by atoms with Crippen LogP contribution in [0.15, 0.2) is 0 Å². The average molecular weight is 249 g/mol. The second-order valence-electron chi connectivity index (χ2n) is 4.50. The van der Waals surface area contributed by atoms with Gasteiger partial charge in [0.2, 0.25) is 0 Å². The molecule has 4 nitrogen and oxygen atoms in total. The van der Waals surface area contributed by atoms with E-state index in [2.05, 4.69) is 5.32 Å². The summed E-state index contributed by atoms with van der Waals surface area (Å²) in [7, 11) is -2.88. The van der Waals surface area contributed by atoms with Crippen molar-refractivity contribution in [2.75, 3.05) is 18.1 Å². The maximum absolute atomic E-state index is 11.3. The van der Waals surface area contributed by atoms with Gasteiger partial charge in [-0.1, -0.05) is 13.3 Å². The van der Waals surface area contributed by atoms with Crippen LogP contribution < -0.4 is 5.32 Å². The maximum atomic E-state index is 11.3. The predicted octanol–water partition coefficient (Wildman–Crippen LogP) is 0.704. The Kier molecular flexibility index (Phi) is 5.72. The Hall–Kier alpha value is -0.130. The summed E-state index contributed by atoms with van der Waals surface area (Å²) >= 11 is 0. The molecule has 1 fully saturated rings. The second-order valence-corrected chi connectivity index (χ2v) is 6.98. The molecule has 1 heterocycles. The van der Waals surface area contributed by atoms with Gasteiger partial charge in [0.25, 0.3) is 0 Å². The summed E-state index contributed by atoms with van der Waals surface area (Å²) in [6.45, 7) is 2.63. The fraction of sp³-hybridized carbons (Fsp3) is 1.00. The minimum Gasteiger partial charge on any atom is -0.392 e. The molecule has 0 aromatic carbocycles. The summed E-state index contributed by atoms with van der Waals surface area (Å²) in [6, 6.07) is 0.165. The molecule has 0 bridgehead atoms. The number of hydrogen-bond donors (Lipinski definition) is 2. The minimum atomic E-state index is -2.88. The lowest BCUT2D eigenvalue weighted by Gasteiger charge is -2.27. The van der Waals surface area contributed by atoms with Crippen LogP contribution in [0.1, 0.15) is 39.0 Å². The molecule has 0 aromatic rings. The third kappa shape index (κ3) is 4.80. The van der Waals surface area contributed by atoms with Crippen LogP contribution >= 0.6 is 0 Å². The Morgan fingerprint density at radius 1 is 1.44 bits per heavy atom. The number of rotatable bonds is 6. The Balaban J connectivity index is 2.21. The standard InChI is InChI=1S/C11H23NO3S/c1-2-16(14,15)9-5-7-11(13)10-6-3-4-8-12-10/h10-13H,2-9H2,1H3. The first-order valence-corrected chi connectivity index (χ1v) is 7.99. The largest absolute Gasteiger partial charge is 0.392 e. The van der Waals surface area contributed by atoms with Crippen LogP contribution in [0.25, 0.3) is 0 Å². The van der Waals surface area contributed by atoms with Crippen molar-refractivity contribution in [2.24, 2.45) is 0 Å². The summed E-state index contributed by atoms with van der Waals surface area (Å²) < 4.78 is 22.5. The van der Waals surface area contributed by atoms with Crippen LogP contribution in [0, 0.1) is 0 Å². The van der Waals surface area contributed by atoms with Gasteiger partial charge in [0.1, 0.15) is 9.84 Å². The molecule has 1 aliphatic rings. The summed E-state index contributed by atoms with van der Waals surface area (Å²) in [4.78, 5) is 0. The zero-order chi connectivity index (χ0) is 12.0. The van der Waals surface area contributed by atoms with Crippen LogP contribution in [0.5, 0.6) is 0 Å². The van der Waals surface area contributed by atoms with Gasteiger partial charge >= 0.3 is 0 Å². The van der Waals surface area contributed by atoms with Crippen LogP contribution in [0.2, 0.25) is 0 Å². The molecule has 96 valence electrons. The number of hydrogen-bond acceptors (Lipinski definition) is 4. The highest BCUT2D eigenvalue weighted by Crippen LogP contribution is 2.14. The highest BCUT2D eigenvalue weighted by Gasteiger charge is 2.21. The highest BCUT2D eigenvalue weighted by atomic mass is 32.2. The van der Waals surface area contributed by atoms with Gasteiger partial charge in [0, 0.05) is 11.8 Å². The summed E-state index contributed by atoms with van der Waals surface area (Å²) in [5.41, 5.74) is 0. The topological polar surface area (TPSA) is 66.4 Å². The molecule has 2 atom stereocenters. The summed E-state index contributed by atoms with van der Waals surface area (Å²) in [5, 5.41) is 13.2. The van der Waals surface area contributed by atoms with E-state index in [4.69, 9.17) is 0 Å². The van der Waals surface area contributed by atoms with Gasteiger partial charge in [-0.25, -0.2) is 8.42 Å². The molecule has 0 aliphatic carbocycles. The van der Waals surface area contributed by atoms with Gasteiger partial charge in [0.15, 0.2) is 0 Å². The maximum Gasteiger partial charge on any atom is 0.150 e. The van der Waals surface area contributed by atoms with Crippen molar-refractivity contribution >= 4 is 9.84 Å². The van der Waals surface area contributed by atoms with Gasteiger partial charge in [-0.05, 0) is 32.2 Å². The molecule has 5 heteroatoms. The second kappa shape index (κ2) is 6.57. The molecule has 1 rings (SSSR count). The molecule has 0 radical (unpaired) electrons. The lowest BCUT2D eigenvalue weighted by atomic mass is 9.97. The first-order chi connectivity index (χ1) is 7.55. The highest BCUT2D eigenvalue weighted by molar-refractivity contribution is 7.91. The van der Waals surface area contributed by atoms with Crippen molar-refractivity contribution in [1.29, 1.82) is 0 Å². The Labute approximate surface area is 98.4 Å². The van der Waals surface area contributed by atoms with Crippen molar-refractivity contribution in [3.05, 3.63) is 0 Å². The predicted molar refractivity (Wildman–Crippen MR) is 65.2 cm³/mol. The van der Waals surface area contributed by atoms with Crippen molar-refractivity contribution in [3.63, 3.8) is 0 Å². The quantitative estimate of drug-likeness (QED) is 0.727. The van der Waals surface area contributed by atoms with Crippen molar-refractivity contribution in [1.82, 2.24) is 5.32 Å². The van der Waals surface area contributed by atoms with Crippen LogP contribution in [0.4, 0.5) is 0 Å². The number of aliphatic hydroxyl groups is 1. The lowest BCUT2D eigenvalue weighted by Crippen LogP contribution is -2.43. The average Bonchev–Trinajstić information content (AvgIpc) is 2.30. The number of nitrogens with one attached hydrogen (secondary N) is 1. The van der Waals surface area contributed by atoms with Gasteiger partial charge < -0.3 is 10.4 Å². The molecule has 16 heavy (non-hydrogen) atoms. The van der Waals surface area contributed by atoms with Crippen molar-refractivity contribution < 1.29 is 13.5 Å².